The van der Waals surface area contributed by atoms with Crippen LogP contribution in [0.15, 0.2) is 24.3 Å². The molecule has 0 amide bonds. The van der Waals surface area contributed by atoms with Crippen LogP contribution in [0.5, 0.6) is 0 Å². The van der Waals surface area contributed by atoms with Crippen molar-refractivity contribution in [3.05, 3.63) is 34.9 Å². The average Bonchev–Trinajstić information content (AvgIpc) is 2.27. The third-order valence-corrected chi connectivity index (χ3v) is 3.73. The zero-order valence-electron chi connectivity index (χ0n) is 10.2. The van der Waals surface area contributed by atoms with E-state index >= 15 is 0 Å². The molecular weight excluding hydrogens is 234 g/mol. The fourth-order valence-electron chi connectivity index (χ4n) is 2.44. The van der Waals surface area contributed by atoms with Gasteiger partial charge in [0.25, 0.3) is 0 Å². The van der Waals surface area contributed by atoms with Crippen molar-refractivity contribution in [1.82, 2.24) is 0 Å². The van der Waals surface area contributed by atoms with E-state index in [1.54, 1.807) is 0 Å². The molecule has 94 valence electrons. The highest BCUT2D eigenvalue weighted by atomic mass is 35.5. The number of rotatable bonds is 5. The van der Waals surface area contributed by atoms with Gasteiger partial charge in [0.1, 0.15) is 0 Å². The van der Waals surface area contributed by atoms with Crippen LogP contribution in [0, 0.1) is 5.92 Å². The molecule has 0 aromatic heterocycles. The molecule has 1 fully saturated rings. The van der Waals surface area contributed by atoms with Gasteiger partial charge in [0.2, 0.25) is 0 Å². The molecule has 1 saturated carbocycles. The molecule has 1 aromatic carbocycles. The van der Waals surface area contributed by atoms with Crippen LogP contribution in [0.25, 0.3) is 0 Å². The summed E-state index contributed by atoms with van der Waals surface area (Å²) in [4.78, 5) is 0. The van der Waals surface area contributed by atoms with Crippen molar-refractivity contribution in [3.8, 4) is 0 Å². The van der Waals surface area contributed by atoms with Gasteiger partial charge in [-0.25, -0.2) is 0 Å². The summed E-state index contributed by atoms with van der Waals surface area (Å²) < 4.78 is 5.55. The Hall–Kier alpha value is -0.570. The summed E-state index contributed by atoms with van der Waals surface area (Å²) in [6.45, 7) is 2.87. The van der Waals surface area contributed by atoms with Gasteiger partial charge in [-0.05, 0) is 49.8 Å². The fourth-order valence-corrected chi connectivity index (χ4v) is 2.57. The lowest BCUT2D eigenvalue weighted by atomic mass is 9.77. The molecule has 1 atom stereocenters. The van der Waals surface area contributed by atoms with Crippen LogP contribution in [0.1, 0.15) is 37.8 Å². The molecule has 0 radical (unpaired) electrons. The average molecular weight is 254 g/mol. The van der Waals surface area contributed by atoms with Crippen LogP contribution in [-0.4, -0.2) is 12.7 Å². The van der Waals surface area contributed by atoms with E-state index in [2.05, 4.69) is 0 Å². The Bertz CT molecular complexity index is 346. The highest BCUT2D eigenvalue weighted by Gasteiger charge is 2.30. The largest absolute Gasteiger partial charge is 0.378 e. The van der Waals surface area contributed by atoms with Crippen molar-refractivity contribution in [2.24, 2.45) is 11.7 Å². The van der Waals surface area contributed by atoms with E-state index in [9.17, 15) is 0 Å². The minimum Gasteiger partial charge on any atom is -0.378 e. The third kappa shape index (κ3) is 3.44. The first-order valence-electron chi connectivity index (χ1n) is 6.31. The Morgan fingerprint density at radius 2 is 2.00 bits per heavy atom. The van der Waals surface area contributed by atoms with Crippen molar-refractivity contribution in [2.75, 3.05) is 6.61 Å². The molecule has 0 spiro atoms. The second kappa shape index (κ2) is 5.85. The van der Waals surface area contributed by atoms with E-state index < -0.39 is 0 Å². The van der Waals surface area contributed by atoms with Gasteiger partial charge in [-0.1, -0.05) is 23.7 Å². The van der Waals surface area contributed by atoms with Gasteiger partial charge in [0.15, 0.2) is 0 Å². The number of hydrogen-bond acceptors (Lipinski definition) is 2. The molecule has 1 aliphatic carbocycles. The summed E-state index contributed by atoms with van der Waals surface area (Å²) in [5, 5.41) is 0.765. The smallest absolute Gasteiger partial charge is 0.0580 e. The molecule has 2 nitrogen and oxygen atoms in total. The minimum atomic E-state index is 0.125. The van der Waals surface area contributed by atoms with E-state index in [0.717, 1.165) is 36.8 Å². The number of benzene rings is 1. The highest BCUT2D eigenvalue weighted by Crippen LogP contribution is 2.36. The van der Waals surface area contributed by atoms with Crippen LogP contribution in [-0.2, 0) is 4.74 Å². The molecule has 0 heterocycles. The SMILES string of the molecule is CCOC1CC(CC(N)c2ccc(Cl)cc2)C1. The van der Waals surface area contributed by atoms with Gasteiger partial charge in [-0.2, -0.15) is 0 Å². The first kappa shape index (κ1) is 12.9. The zero-order chi connectivity index (χ0) is 12.3. The van der Waals surface area contributed by atoms with Crippen LogP contribution in [0.4, 0.5) is 0 Å². The normalized spacial score (nSPS) is 25.4. The van der Waals surface area contributed by atoms with Crippen LogP contribution in [0.2, 0.25) is 5.02 Å². The summed E-state index contributed by atoms with van der Waals surface area (Å²) >= 11 is 5.86. The van der Waals surface area contributed by atoms with Gasteiger partial charge in [0.05, 0.1) is 6.10 Å². The minimum absolute atomic E-state index is 0.125. The number of hydrogen-bond donors (Lipinski definition) is 1. The Labute approximate surface area is 108 Å². The van der Waals surface area contributed by atoms with E-state index in [1.165, 1.54) is 5.56 Å². The third-order valence-electron chi connectivity index (χ3n) is 3.48. The summed E-state index contributed by atoms with van der Waals surface area (Å²) in [5.74, 6) is 0.720. The fraction of sp³-hybridized carbons (Fsp3) is 0.571. The molecule has 3 heteroatoms. The Morgan fingerprint density at radius 3 is 2.59 bits per heavy atom. The number of nitrogens with two attached hydrogens (primary N) is 1. The number of ether oxygens (including phenoxy) is 1. The van der Waals surface area contributed by atoms with Gasteiger partial charge in [-0.15, -0.1) is 0 Å². The Kier molecular flexibility index (Phi) is 4.43. The lowest BCUT2D eigenvalue weighted by Gasteiger charge is -2.36. The predicted molar refractivity (Wildman–Crippen MR) is 71.1 cm³/mol. The first-order chi connectivity index (χ1) is 8.19. The molecule has 2 rings (SSSR count). The van der Waals surface area contributed by atoms with Crippen LogP contribution < -0.4 is 5.73 Å². The maximum absolute atomic E-state index is 6.19. The highest BCUT2D eigenvalue weighted by molar-refractivity contribution is 6.30. The second-order valence-corrected chi connectivity index (χ2v) is 5.24. The Balaban J connectivity index is 1.78. The molecular formula is C14H20ClNO. The van der Waals surface area contributed by atoms with Crippen molar-refractivity contribution in [2.45, 2.75) is 38.3 Å². The van der Waals surface area contributed by atoms with Crippen molar-refractivity contribution in [3.63, 3.8) is 0 Å². The maximum atomic E-state index is 6.19. The molecule has 0 bridgehead atoms. The molecule has 1 aliphatic rings. The molecule has 1 aromatic rings. The van der Waals surface area contributed by atoms with Gasteiger partial charge < -0.3 is 10.5 Å². The van der Waals surface area contributed by atoms with E-state index in [4.69, 9.17) is 22.1 Å². The van der Waals surface area contributed by atoms with Crippen molar-refractivity contribution >= 4 is 11.6 Å². The second-order valence-electron chi connectivity index (χ2n) is 4.81. The van der Waals surface area contributed by atoms with E-state index in [-0.39, 0.29) is 6.04 Å². The lowest BCUT2D eigenvalue weighted by molar-refractivity contribution is -0.0282. The maximum Gasteiger partial charge on any atom is 0.0580 e. The molecule has 1 unspecified atom stereocenters. The quantitative estimate of drug-likeness (QED) is 0.871. The van der Waals surface area contributed by atoms with Gasteiger partial charge in [0, 0.05) is 17.7 Å². The molecule has 17 heavy (non-hydrogen) atoms. The first-order valence-corrected chi connectivity index (χ1v) is 6.69. The molecule has 0 saturated heterocycles. The van der Waals surface area contributed by atoms with Crippen LogP contribution in [0.3, 0.4) is 0 Å². The van der Waals surface area contributed by atoms with Crippen LogP contribution >= 0.6 is 11.6 Å². The summed E-state index contributed by atoms with van der Waals surface area (Å²) in [5.41, 5.74) is 7.37. The lowest BCUT2D eigenvalue weighted by Crippen LogP contribution is -2.33. The summed E-state index contributed by atoms with van der Waals surface area (Å²) in [6.07, 6.45) is 3.84. The summed E-state index contributed by atoms with van der Waals surface area (Å²) in [6, 6.07) is 7.97. The number of halogens is 1. The topological polar surface area (TPSA) is 35.2 Å². The van der Waals surface area contributed by atoms with Gasteiger partial charge in [-0.3, -0.25) is 0 Å². The van der Waals surface area contributed by atoms with Gasteiger partial charge >= 0.3 is 0 Å². The monoisotopic (exact) mass is 253 g/mol. The Morgan fingerprint density at radius 1 is 1.35 bits per heavy atom. The van der Waals surface area contributed by atoms with Crippen molar-refractivity contribution < 1.29 is 4.74 Å². The molecule has 2 N–H and O–H groups in total. The van der Waals surface area contributed by atoms with E-state index in [1.807, 2.05) is 31.2 Å². The predicted octanol–water partition coefficient (Wildman–Crippen LogP) is 3.55. The zero-order valence-corrected chi connectivity index (χ0v) is 11.0. The van der Waals surface area contributed by atoms with Crippen molar-refractivity contribution in [1.29, 1.82) is 0 Å². The molecule has 0 aliphatic heterocycles. The summed E-state index contributed by atoms with van der Waals surface area (Å²) in [7, 11) is 0. The van der Waals surface area contributed by atoms with E-state index in [0.29, 0.717) is 6.10 Å². The standard InChI is InChI=1S/C14H20ClNO/c1-2-17-13-7-10(8-13)9-14(16)11-3-5-12(15)6-4-11/h3-6,10,13-14H,2,7-9,16H2,1H3.